The highest BCUT2D eigenvalue weighted by Crippen LogP contribution is 2.34. The number of hydrogen-bond donors (Lipinski definition) is 4. The molecule has 1 saturated heterocycles. The van der Waals surface area contributed by atoms with E-state index in [0.717, 1.165) is 52.1 Å². The topological polar surface area (TPSA) is 119 Å². The van der Waals surface area contributed by atoms with Gasteiger partial charge in [-0.2, -0.15) is 5.26 Å². The number of hydrogen-bond acceptors (Lipinski definition) is 5. The highest BCUT2D eigenvalue weighted by Gasteiger charge is 2.32. The minimum absolute atomic E-state index is 0.215. The van der Waals surface area contributed by atoms with Gasteiger partial charge < -0.3 is 20.4 Å². The molecule has 8 nitrogen and oxygen atoms in total. The summed E-state index contributed by atoms with van der Waals surface area (Å²) in [4.78, 5) is 29.3. The first-order valence-corrected chi connectivity index (χ1v) is 13.3. The Balaban J connectivity index is 1.41. The minimum atomic E-state index is -0.685. The number of carbonyl (C=O) groups excluding carboxylic acids is 2. The van der Waals surface area contributed by atoms with Crippen molar-refractivity contribution >= 4 is 54.6 Å². The van der Waals surface area contributed by atoms with Gasteiger partial charge in [0.05, 0.1) is 29.4 Å². The number of aromatic amines is 1. The molecule has 4 rings (SSSR count). The third-order valence-corrected chi connectivity index (χ3v) is 8.40. The predicted octanol–water partition coefficient (Wildman–Crippen LogP) is 3.96. The van der Waals surface area contributed by atoms with Crippen LogP contribution >= 0.6 is 31.9 Å². The smallest absolute Gasteiger partial charge is 0.268 e. The van der Waals surface area contributed by atoms with Gasteiger partial charge in [-0.3, -0.25) is 14.9 Å². The Hall–Kier alpha value is -1.93. The SMILES string of the molecule is N#C[C@H](C[C@@H]1CCCNCOC1)NC(=O)[C@H](CC1CC1)NC(=O)c1cc2ccc(Br)c(Br)c2[nH]1. The summed E-state index contributed by atoms with van der Waals surface area (Å²) in [5.74, 6) is -0.00161. The van der Waals surface area contributed by atoms with E-state index in [1.54, 1.807) is 6.07 Å². The second-order valence-corrected chi connectivity index (χ2v) is 10.8. The number of amides is 2. The van der Waals surface area contributed by atoms with Gasteiger partial charge in [-0.05, 0) is 88.1 Å². The zero-order valence-corrected chi connectivity index (χ0v) is 22.0. The van der Waals surface area contributed by atoms with Crippen LogP contribution in [0.5, 0.6) is 0 Å². The molecule has 0 spiro atoms. The van der Waals surface area contributed by atoms with Crippen molar-refractivity contribution in [1.82, 2.24) is 20.9 Å². The van der Waals surface area contributed by atoms with Crippen molar-refractivity contribution in [3.63, 3.8) is 0 Å². The fourth-order valence-corrected chi connectivity index (χ4v) is 5.11. The van der Waals surface area contributed by atoms with E-state index >= 15 is 0 Å². The maximum Gasteiger partial charge on any atom is 0.268 e. The summed E-state index contributed by atoms with van der Waals surface area (Å²) in [6, 6.07) is 6.52. The van der Waals surface area contributed by atoms with Gasteiger partial charge in [0.2, 0.25) is 5.91 Å². The second kappa shape index (κ2) is 11.7. The number of fused-ring (bicyclic) bond motifs is 1. The molecule has 0 unspecified atom stereocenters. The molecule has 10 heteroatoms. The van der Waals surface area contributed by atoms with Crippen molar-refractivity contribution in [1.29, 1.82) is 5.26 Å². The molecular weight excluding hydrogens is 566 g/mol. The van der Waals surface area contributed by atoms with E-state index in [9.17, 15) is 14.9 Å². The zero-order valence-electron chi connectivity index (χ0n) is 18.8. The van der Waals surface area contributed by atoms with Crippen molar-refractivity contribution < 1.29 is 14.3 Å². The lowest BCUT2D eigenvalue weighted by Crippen LogP contribution is -2.50. The van der Waals surface area contributed by atoms with Crippen LogP contribution in [0.2, 0.25) is 0 Å². The molecular formula is C24H29Br2N5O3. The predicted molar refractivity (Wildman–Crippen MR) is 136 cm³/mol. The standard InChI is InChI=1S/C24H29Br2N5O3/c25-18-6-5-16-10-20(30-22(16)21(18)26)24(33)31-19(9-14-3-4-14)23(32)29-17(11-27)8-15-2-1-7-28-13-34-12-15/h5-6,10,14-15,17,19,28,30H,1-4,7-9,12-13H2,(H,29,32)(H,31,33)/t15-,17-,19-/m0/s1. The monoisotopic (exact) mass is 593 g/mol. The van der Waals surface area contributed by atoms with Gasteiger partial charge in [-0.15, -0.1) is 0 Å². The van der Waals surface area contributed by atoms with Crippen LogP contribution in [0.1, 0.15) is 49.0 Å². The van der Waals surface area contributed by atoms with Crippen molar-refractivity contribution in [3.05, 3.63) is 32.8 Å². The largest absolute Gasteiger partial charge is 0.366 e. The van der Waals surface area contributed by atoms with Crippen molar-refractivity contribution in [2.24, 2.45) is 11.8 Å². The first-order chi connectivity index (χ1) is 16.4. The highest BCUT2D eigenvalue weighted by atomic mass is 79.9. The number of nitriles is 1. The average molecular weight is 595 g/mol. The Morgan fingerprint density at radius 1 is 1.18 bits per heavy atom. The Labute approximate surface area is 215 Å². The molecule has 0 bridgehead atoms. The molecule has 4 N–H and O–H groups in total. The second-order valence-electron chi connectivity index (χ2n) is 9.16. The molecule has 2 aromatic rings. The van der Waals surface area contributed by atoms with E-state index in [-0.39, 0.29) is 17.7 Å². The molecule has 1 aliphatic carbocycles. The highest BCUT2D eigenvalue weighted by molar-refractivity contribution is 9.13. The van der Waals surface area contributed by atoms with Crippen molar-refractivity contribution in [2.45, 2.75) is 50.6 Å². The molecule has 3 atom stereocenters. The number of nitrogens with one attached hydrogen (secondary N) is 4. The van der Waals surface area contributed by atoms with Crippen molar-refractivity contribution in [3.8, 4) is 6.07 Å². The molecule has 2 aliphatic rings. The van der Waals surface area contributed by atoms with Gasteiger partial charge in [-0.25, -0.2) is 0 Å². The number of carbonyl (C=O) groups is 2. The van der Waals surface area contributed by atoms with Gasteiger partial charge in [0.1, 0.15) is 17.8 Å². The van der Waals surface area contributed by atoms with Crippen LogP contribution in [-0.4, -0.2) is 48.8 Å². The Morgan fingerprint density at radius 2 is 2.00 bits per heavy atom. The van der Waals surface area contributed by atoms with Gasteiger partial charge in [-0.1, -0.05) is 18.9 Å². The van der Waals surface area contributed by atoms with Crippen LogP contribution in [0.4, 0.5) is 0 Å². The number of ether oxygens (including phenoxy) is 1. The molecule has 1 aliphatic heterocycles. The molecule has 34 heavy (non-hydrogen) atoms. The number of benzene rings is 1. The lowest BCUT2D eigenvalue weighted by Gasteiger charge is -2.24. The first-order valence-electron chi connectivity index (χ1n) is 11.7. The van der Waals surface area contributed by atoms with Crippen LogP contribution in [-0.2, 0) is 9.53 Å². The Morgan fingerprint density at radius 3 is 2.76 bits per heavy atom. The fourth-order valence-electron chi connectivity index (χ4n) is 4.32. The van der Waals surface area contributed by atoms with E-state index in [0.29, 0.717) is 37.8 Å². The first kappa shape index (κ1) is 25.2. The summed E-state index contributed by atoms with van der Waals surface area (Å²) >= 11 is 7.00. The summed E-state index contributed by atoms with van der Waals surface area (Å²) in [7, 11) is 0. The lowest BCUT2D eigenvalue weighted by atomic mass is 9.95. The van der Waals surface area contributed by atoms with E-state index in [1.165, 1.54) is 0 Å². The summed E-state index contributed by atoms with van der Waals surface area (Å²) in [5, 5.41) is 19.5. The third-order valence-electron chi connectivity index (χ3n) is 6.38. The van der Waals surface area contributed by atoms with Gasteiger partial charge >= 0.3 is 0 Å². The fraction of sp³-hybridized carbons (Fsp3) is 0.542. The summed E-state index contributed by atoms with van der Waals surface area (Å²) in [6.07, 6.45) is 5.18. The quantitative estimate of drug-likeness (QED) is 0.369. The molecule has 2 amide bonds. The van der Waals surface area contributed by atoms with Gasteiger partial charge in [0.25, 0.3) is 5.91 Å². The normalized spacial score (nSPS) is 20.6. The molecule has 1 aromatic carbocycles. The number of rotatable bonds is 8. The summed E-state index contributed by atoms with van der Waals surface area (Å²) < 4.78 is 7.31. The van der Waals surface area contributed by atoms with E-state index < -0.39 is 12.1 Å². The maximum atomic E-state index is 13.1. The van der Waals surface area contributed by atoms with E-state index in [1.807, 2.05) is 12.1 Å². The molecule has 2 fully saturated rings. The van der Waals surface area contributed by atoms with Crippen molar-refractivity contribution in [2.75, 3.05) is 19.9 Å². The minimum Gasteiger partial charge on any atom is -0.366 e. The third kappa shape index (κ3) is 6.60. The van der Waals surface area contributed by atoms with Crippen LogP contribution in [0.15, 0.2) is 27.1 Å². The summed E-state index contributed by atoms with van der Waals surface area (Å²) in [5.41, 5.74) is 1.20. The Bertz CT molecular complexity index is 1070. The number of H-pyrrole nitrogens is 1. The molecule has 1 aromatic heterocycles. The Kier molecular flexibility index (Phi) is 8.64. The molecule has 182 valence electrons. The van der Waals surface area contributed by atoms with Crippen LogP contribution in [0.25, 0.3) is 10.9 Å². The van der Waals surface area contributed by atoms with Crippen LogP contribution < -0.4 is 16.0 Å². The number of nitrogens with zero attached hydrogens (tertiary/aromatic N) is 1. The lowest BCUT2D eigenvalue weighted by molar-refractivity contribution is -0.123. The molecule has 2 heterocycles. The van der Waals surface area contributed by atoms with Crippen LogP contribution in [0.3, 0.4) is 0 Å². The van der Waals surface area contributed by atoms with Crippen LogP contribution in [0, 0.1) is 23.2 Å². The van der Waals surface area contributed by atoms with Gasteiger partial charge in [0, 0.05) is 9.86 Å². The number of aromatic nitrogens is 1. The molecule has 0 radical (unpaired) electrons. The van der Waals surface area contributed by atoms with E-state index in [4.69, 9.17) is 4.74 Å². The summed E-state index contributed by atoms with van der Waals surface area (Å²) in [6.45, 7) is 1.96. The maximum absolute atomic E-state index is 13.1. The van der Waals surface area contributed by atoms with Gasteiger partial charge in [0.15, 0.2) is 0 Å². The van der Waals surface area contributed by atoms with E-state index in [2.05, 4.69) is 58.9 Å². The zero-order chi connectivity index (χ0) is 24.1. The molecule has 1 saturated carbocycles. The number of halogens is 2. The average Bonchev–Trinajstić information content (AvgIpc) is 3.51.